The van der Waals surface area contributed by atoms with Gasteiger partial charge in [-0.25, -0.2) is 13.1 Å². The van der Waals surface area contributed by atoms with Gasteiger partial charge in [-0.15, -0.1) is 0 Å². The predicted octanol–water partition coefficient (Wildman–Crippen LogP) is 2.45. The zero-order chi connectivity index (χ0) is 24.0. The van der Waals surface area contributed by atoms with Crippen molar-refractivity contribution in [3.8, 4) is 0 Å². The van der Waals surface area contributed by atoms with Crippen molar-refractivity contribution in [3.63, 3.8) is 0 Å². The summed E-state index contributed by atoms with van der Waals surface area (Å²) in [7, 11) is -3.83. The molecule has 3 rings (SSSR count). The topological polar surface area (TPSA) is 148 Å². The van der Waals surface area contributed by atoms with Crippen molar-refractivity contribution in [2.75, 3.05) is 31.5 Å². The number of rotatable bonds is 10. The van der Waals surface area contributed by atoms with Crippen LogP contribution in [0.15, 0.2) is 23.1 Å². The maximum absolute atomic E-state index is 12.8. The molecule has 33 heavy (non-hydrogen) atoms. The van der Waals surface area contributed by atoms with Gasteiger partial charge >= 0.3 is 0 Å². The van der Waals surface area contributed by atoms with Gasteiger partial charge in [0.2, 0.25) is 15.9 Å². The van der Waals surface area contributed by atoms with Crippen LogP contribution in [0.1, 0.15) is 51.9 Å². The molecule has 1 aliphatic carbocycles. The summed E-state index contributed by atoms with van der Waals surface area (Å²) in [6, 6.07) is 3.86. The Balaban J connectivity index is 1.57. The number of carbonyl (C=O) groups is 1. The van der Waals surface area contributed by atoms with Crippen molar-refractivity contribution in [2.45, 2.75) is 62.8 Å². The molecule has 1 heterocycles. The normalized spacial score (nSPS) is 24.3. The fourth-order valence-corrected chi connectivity index (χ4v) is 5.99. The molecule has 1 atom stereocenters. The third kappa shape index (κ3) is 7.12. The lowest BCUT2D eigenvalue weighted by atomic mass is 9.88. The number of nitrogens with zero attached hydrogens (tertiary/aromatic N) is 2. The molecule has 1 amide bonds. The largest absolute Gasteiger partial charge is 0.379 e. The van der Waals surface area contributed by atoms with Crippen LogP contribution in [0.25, 0.3) is 0 Å². The molecule has 10 nitrogen and oxygen atoms in total. The first-order valence-electron chi connectivity index (χ1n) is 11.7. The minimum absolute atomic E-state index is 0.0933. The third-order valence-corrected chi connectivity index (χ3v) is 8.21. The van der Waals surface area contributed by atoms with Crippen LogP contribution in [0.2, 0.25) is 0 Å². The van der Waals surface area contributed by atoms with Crippen LogP contribution < -0.4 is 15.8 Å². The second-order valence-electron chi connectivity index (χ2n) is 9.34. The van der Waals surface area contributed by atoms with Crippen LogP contribution in [0, 0.1) is 22.0 Å². The molecular weight excluding hydrogens is 446 g/mol. The summed E-state index contributed by atoms with van der Waals surface area (Å²) >= 11 is 0. The van der Waals surface area contributed by atoms with Crippen molar-refractivity contribution in [1.82, 2.24) is 9.62 Å². The second kappa shape index (κ2) is 11.3. The predicted molar refractivity (Wildman–Crippen MR) is 126 cm³/mol. The summed E-state index contributed by atoms with van der Waals surface area (Å²) in [4.78, 5) is 24.5. The number of likely N-dealkylation sites (tertiary alicyclic amines) is 1. The summed E-state index contributed by atoms with van der Waals surface area (Å²) in [5.41, 5.74) is 5.45. The molecule has 0 unspecified atom stereocenters. The Labute approximate surface area is 195 Å². The molecule has 1 aromatic carbocycles. The number of sulfonamides is 1. The minimum atomic E-state index is -3.83. The average molecular weight is 482 g/mol. The van der Waals surface area contributed by atoms with Crippen LogP contribution in [0.4, 0.5) is 11.4 Å². The average Bonchev–Trinajstić information content (AvgIpc) is 2.78. The highest BCUT2D eigenvalue weighted by Crippen LogP contribution is 2.29. The first-order chi connectivity index (χ1) is 15.7. The van der Waals surface area contributed by atoms with E-state index in [0.29, 0.717) is 24.7 Å². The van der Waals surface area contributed by atoms with E-state index >= 15 is 0 Å². The fraction of sp³-hybridized carbons (Fsp3) is 0.682. The number of hydrogen-bond acceptors (Lipinski definition) is 7. The van der Waals surface area contributed by atoms with E-state index in [-0.39, 0.29) is 28.4 Å². The number of nitro groups is 1. The van der Waals surface area contributed by atoms with Crippen molar-refractivity contribution in [2.24, 2.45) is 17.6 Å². The van der Waals surface area contributed by atoms with E-state index in [1.165, 1.54) is 12.1 Å². The Bertz CT molecular complexity index is 946. The van der Waals surface area contributed by atoms with Crippen molar-refractivity contribution < 1.29 is 18.1 Å². The molecule has 1 saturated carbocycles. The summed E-state index contributed by atoms with van der Waals surface area (Å²) < 4.78 is 28.3. The maximum Gasteiger partial charge on any atom is 0.293 e. The van der Waals surface area contributed by atoms with Gasteiger partial charge in [0, 0.05) is 25.2 Å². The van der Waals surface area contributed by atoms with E-state index in [0.717, 1.165) is 64.1 Å². The van der Waals surface area contributed by atoms with E-state index in [1.54, 1.807) is 0 Å². The van der Waals surface area contributed by atoms with Crippen LogP contribution in [0.3, 0.4) is 0 Å². The molecule has 0 bridgehead atoms. The Morgan fingerprint density at radius 1 is 1.24 bits per heavy atom. The Morgan fingerprint density at radius 3 is 2.64 bits per heavy atom. The molecule has 4 N–H and O–H groups in total. The zero-order valence-corrected chi connectivity index (χ0v) is 20.0. The number of primary amides is 1. The first-order valence-corrected chi connectivity index (χ1v) is 13.2. The van der Waals surface area contributed by atoms with Crippen molar-refractivity contribution in [1.29, 1.82) is 0 Å². The standard InChI is InChI=1S/C22H35N5O5S/c1-16-5-7-18(8-6-16)25-33(31,32)19-9-10-20(21(14-19)27(29)30)24-11-3-13-26-12-2-4-17(15-26)22(23)28/h9-10,14,16-18,24-25H,2-8,11-13,15H2,1H3,(H2,23,28)/t16?,17-,18?/m1/s1. The fourth-order valence-electron chi connectivity index (χ4n) is 4.66. The number of nitrogens with two attached hydrogens (primary N) is 1. The lowest BCUT2D eigenvalue weighted by Crippen LogP contribution is -2.41. The van der Waals surface area contributed by atoms with Gasteiger partial charge in [0.1, 0.15) is 5.69 Å². The molecule has 0 aromatic heterocycles. The van der Waals surface area contributed by atoms with E-state index in [1.807, 2.05) is 0 Å². The van der Waals surface area contributed by atoms with Gasteiger partial charge < -0.3 is 16.0 Å². The van der Waals surface area contributed by atoms with Gasteiger partial charge in [-0.2, -0.15) is 0 Å². The van der Waals surface area contributed by atoms with Gasteiger partial charge in [-0.05, 0) is 76.1 Å². The molecule has 1 aromatic rings. The minimum Gasteiger partial charge on any atom is -0.379 e. The second-order valence-corrected chi connectivity index (χ2v) is 11.1. The number of hydrogen-bond donors (Lipinski definition) is 3. The number of piperidine rings is 1. The molecule has 2 aliphatic rings. The Morgan fingerprint density at radius 2 is 1.97 bits per heavy atom. The zero-order valence-electron chi connectivity index (χ0n) is 19.2. The van der Waals surface area contributed by atoms with Crippen LogP contribution in [-0.4, -0.2) is 56.4 Å². The highest BCUT2D eigenvalue weighted by atomic mass is 32.2. The molecular formula is C22H35N5O5S. The highest BCUT2D eigenvalue weighted by Gasteiger charge is 2.27. The van der Waals surface area contributed by atoms with Crippen LogP contribution >= 0.6 is 0 Å². The molecule has 184 valence electrons. The van der Waals surface area contributed by atoms with Crippen LogP contribution in [0.5, 0.6) is 0 Å². The molecule has 1 saturated heterocycles. The number of nitrogens with one attached hydrogen (secondary N) is 2. The summed E-state index contributed by atoms with van der Waals surface area (Å²) in [6.07, 6.45) is 5.97. The lowest BCUT2D eigenvalue weighted by Gasteiger charge is -2.31. The summed E-state index contributed by atoms with van der Waals surface area (Å²) in [5, 5.41) is 14.7. The number of amides is 1. The Kier molecular flexibility index (Phi) is 8.66. The van der Waals surface area contributed by atoms with Gasteiger partial charge in [0.15, 0.2) is 0 Å². The quantitative estimate of drug-likeness (QED) is 0.264. The number of carbonyl (C=O) groups excluding carboxylic acids is 1. The van der Waals surface area contributed by atoms with E-state index < -0.39 is 14.9 Å². The first kappa shape index (κ1) is 25.4. The van der Waals surface area contributed by atoms with Gasteiger partial charge in [0.05, 0.1) is 15.7 Å². The molecule has 0 spiro atoms. The van der Waals surface area contributed by atoms with E-state index in [2.05, 4.69) is 21.9 Å². The third-order valence-electron chi connectivity index (χ3n) is 6.69. The van der Waals surface area contributed by atoms with Gasteiger partial charge in [0.25, 0.3) is 5.69 Å². The highest BCUT2D eigenvalue weighted by molar-refractivity contribution is 7.89. The van der Waals surface area contributed by atoms with E-state index in [9.17, 15) is 23.3 Å². The number of benzene rings is 1. The van der Waals surface area contributed by atoms with Gasteiger partial charge in [-0.1, -0.05) is 6.92 Å². The monoisotopic (exact) mass is 481 g/mol. The molecule has 1 aliphatic heterocycles. The van der Waals surface area contributed by atoms with Crippen molar-refractivity contribution >= 4 is 27.3 Å². The SMILES string of the molecule is CC1CCC(NS(=O)(=O)c2ccc(NCCCN3CCC[C@@H](C(N)=O)C3)c([N+](=O)[O-])c2)CC1. The van der Waals surface area contributed by atoms with Crippen molar-refractivity contribution in [3.05, 3.63) is 28.3 Å². The Hall–Kier alpha value is -2.24. The van der Waals surface area contributed by atoms with Gasteiger partial charge in [-0.3, -0.25) is 14.9 Å². The number of nitro benzene ring substituents is 1. The van der Waals surface area contributed by atoms with E-state index in [4.69, 9.17) is 5.73 Å². The summed E-state index contributed by atoms with van der Waals surface area (Å²) in [5.74, 6) is 0.209. The molecule has 11 heteroatoms. The molecule has 0 radical (unpaired) electrons. The number of anilines is 1. The summed E-state index contributed by atoms with van der Waals surface area (Å²) in [6.45, 7) is 4.95. The lowest BCUT2D eigenvalue weighted by molar-refractivity contribution is -0.384. The van der Waals surface area contributed by atoms with Crippen LogP contribution in [-0.2, 0) is 14.8 Å². The molecule has 2 fully saturated rings. The maximum atomic E-state index is 12.8. The smallest absolute Gasteiger partial charge is 0.293 e.